The lowest BCUT2D eigenvalue weighted by molar-refractivity contribution is -0.114. The number of benzene rings is 1. The van der Waals surface area contributed by atoms with Crippen molar-refractivity contribution in [3.63, 3.8) is 0 Å². The molecule has 1 saturated heterocycles. The zero-order valence-corrected chi connectivity index (χ0v) is 14.6. The number of hydrogen-bond acceptors (Lipinski definition) is 6. The predicted molar refractivity (Wildman–Crippen MR) is 87.0 cm³/mol. The van der Waals surface area contributed by atoms with Gasteiger partial charge in [-0.15, -0.1) is 0 Å². The van der Waals surface area contributed by atoms with E-state index in [-0.39, 0.29) is 42.3 Å². The molecule has 1 amide bonds. The lowest BCUT2D eigenvalue weighted by atomic mass is 9.93. The number of nitrogens with zero attached hydrogens (tertiary/aromatic N) is 1. The molecule has 26 heavy (non-hydrogen) atoms. The van der Waals surface area contributed by atoms with Gasteiger partial charge in [-0.25, -0.2) is 14.4 Å². The van der Waals surface area contributed by atoms with E-state index in [1.165, 1.54) is 4.90 Å². The molecular formula is C17H19NO8. The Hall–Kier alpha value is -2.97. The van der Waals surface area contributed by atoms with Gasteiger partial charge in [-0.05, 0) is 32.9 Å². The summed E-state index contributed by atoms with van der Waals surface area (Å²) in [5.41, 5.74) is -2.18. The summed E-state index contributed by atoms with van der Waals surface area (Å²) in [6.45, 7) is 5.87. The number of carbonyl (C=O) groups excluding carboxylic acids is 1. The highest BCUT2D eigenvalue weighted by molar-refractivity contribution is 6.02. The second kappa shape index (κ2) is 5.79. The van der Waals surface area contributed by atoms with Crippen LogP contribution >= 0.6 is 0 Å². The molecule has 0 bridgehead atoms. The molecular weight excluding hydrogens is 346 g/mol. The fourth-order valence-corrected chi connectivity index (χ4v) is 2.84. The van der Waals surface area contributed by atoms with Gasteiger partial charge in [0.2, 0.25) is 0 Å². The molecule has 1 aromatic rings. The summed E-state index contributed by atoms with van der Waals surface area (Å²) < 4.78 is 16.7. The fraction of sp³-hybridized carbons (Fsp3) is 0.471. The number of aromatic carboxylic acids is 2. The smallest absolute Gasteiger partial charge is 0.410 e. The van der Waals surface area contributed by atoms with Gasteiger partial charge in [0.05, 0.1) is 24.2 Å². The van der Waals surface area contributed by atoms with E-state index in [0.717, 1.165) is 12.1 Å². The molecule has 1 fully saturated rings. The molecule has 9 nitrogen and oxygen atoms in total. The van der Waals surface area contributed by atoms with Crippen LogP contribution in [0.5, 0.6) is 11.5 Å². The summed E-state index contributed by atoms with van der Waals surface area (Å²) in [6.07, 6.45) is -0.468. The Labute approximate surface area is 149 Å². The first-order valence-electron chi connectivity index (χ1n) is 7.94. The Balaban J connectivity index is 1.77. The van der Waals surface area contributed by atoms with Gasteiger partial charge in [-0.1, -0.05) is 0 Å². The molecule has 0 aliphatic carbocycles. The molecule has 1 aromatic carbocycles. The largest absolute Gasteiger partial charge is 0.485 e. The number of ether oxygens (including phenoxy) is 3. The Bertz CT molecular complexity index is 789. The molecule has 2 N–H and O–H groups in total. The van der Waals surface area contributed by atoms with Crippen molar-refractivity contribution in [2.75, 3.05) is 19.7 Å². The van der Waals surface area contributed by atoms with Crippen molar-refractivity contribution < 1.29 is 38.8 Å². The lowest BCUT2D eigenvalue weighted by Gasteiger charge is -2.50. The Morgan fingerprint density at radius 1 is 1.08 bits per heavy atom. The molecule has 0 unspecified atom stereocenters. The number of carbonyl (C=O) groups is 3. The van der Waals surface area contributed by atoms with Gasteiger partial charge in [0.15, 0.2) is 17.1 Å². The van der Waals surface area contributed by atoms with Crippen LogP contribution in [0.1, 0.15) is 41.5 Å². The Morgan fingerprint density at radius 2 is 1.62 bits per heavy atom. The third-order valence-corrected chi connectivity index (χ3v) is 3.97. The molecule has 9 heteroatoms. The van der Waals surface area contributed by atoms with Crippen LogP contribution in [0.2, 0.25) is 0 Å². The van der Waals surface area contributed by atoms with Gasteiger partial charge in [-0.3, -0.25) is 4.90 Å². The van der Waals surface area contributed by atoms with E-state index < -0.39 is 29.2 Å². The number of likely N-dealkylation sites (tertiary alicyclic amines) is 1. The maximum Gasteiger partial charge on any atom is 0.410 e. The summed E-state index contributed by atoms with van der Waals surface area (Å²) >= 11 is 0. The molecule has 0 radical (unpaired) electrons. The average molecular weight is 365 g/mol. The SMILES string of the molecule is CC(C)(C)OC(=O)N1CC2(COc3cc(C(=O)O)c(C(=O)O)cc3O2)C1. The van der Waals surface area contributed by atoms with Crippen molar-refractivity contribution >= 4 is 18.0 Å². The zero-order chi connectivity index (χ0) is 19.3. The minimum atomic E-state index is -1.38. The molecule has 1 spiro atoms. The van der Waals surface area contributed by atoms with Crippen molar-refractivity contribution in [3.05, 3.63) is 23.3 Å². The van der Waals surface area contributed by atoms with Crippen molar-refractivity contribution in [1.82, 2.24) is 4.90 Å². The zero-order valence-electron chi connectivity index (χ0n) is 14.6. The Morgan fingerprint density at radius 3 is 2.12 bits per heavy atom. The highest BCUT2D eigenvalue weighted by Crippen LogP contribution is 2.41. The highest BCUT2D eigenvalue weighted by Gasteiger charge is 2.52. The number of rotatable bonds is 2. The van der Waals surface area contributed by atoms with Crippen molar-refractivity contribution in [1.29, 1.82) is 0 Å². The van der Waals surface area contributed by atoms with E-state index in [1.54, 1.807) is 20.8 Å². The molecule has 2 heterocycles. The van der Waals surface area contributed by atoms with Crippen LogP contribution in [0, 0.1) is 0 Å². The van der Waals surface area contributed by atoms with Crippen LogP contribution in [0.15, 0.2) is 12.1 Å². The quantitative estimate of drug-likeness (QED) is 0.814. The topological polar surface area (TPSA) is 123 Å². The third kappa shape index (κ3) is 3.24. The van der Waals surface area contributed by atoms with E-state index in [0.29, 0.717) is 0 Å². The number of hydrogen-bond donors (Lipinski definition) is 2. The van der Waals surface area contributed by atoms with Crippen LogP contribution in [0.3, 0.4) is 0 Å². The predicted octanol–water partition coefficient (Wildman–Crippen LogP) is 1.84. The molecule has 0 atom stereocenters. The summed E-state index contributed by atoms with van der Waals surface area (Å²) in [6, 6.07) is 2.27. The molecule has 0 aromatic heterocycles. The standard InChI is InChI=1S/C17H19NO8/c1-16(2,3)26-15(23)18-6-17(7-18)8-24-11-4-9(13(19)20)10(14(21)22)5-12(11)25-17/h4-5H,6-8H2,1-3H3,(H,19,20)(H,21,22). The van der Waals surface area contributed by atoms with Crippen LogP contribution in [0.4, 0.5) is 4.79 Å². The third-order valence-electron chi connectivity index (χ3n) is 3.97. The van der Waals surface area contributed by atoms with Gasteiger partial charge in [0.1, 0.15) is 12.2 Å². The average Bonchev–Trinajstić information content (AvgIpc) is 2.48. The number of fused-ring (bicyclic) bond motifs is 1. The van der Waals surface area contributed by atoms with E-state index in [4.69, 9.17) is 19.3 Å². The lowest BCUT2D eigenvalue weighted by Crippen LogP contribution is -2.70. The van der Waals surface area contributed by atoms with Crippen LogP contribution in [-0.2, 0) is 4.74 Å². The van der Waals surface area contributed by atoms with E-state index in [9.17, 15) is 19.5 Å². The summed E-state index contributed by atoms with van der Waals surface area (Å²) in [4.78, 5) is 36.0. The first-order chi connectivity index (χ1) is 12.0. The first-order valence-corrected chi connectivity index (χ1v) is 7.94. The van der Waals surface area contributed by atoms with E-state index in [1.807, 2.05) is 0 Å². The minimum Gasteiger partial charge on any atom is -0.485 e. The number of carboxylic acid groups (broad SMARTS) is 2. The molecule has 2 aliphatic heterocycles. The van der Waals surface area contributed by atoms with Gasteiger partial charge in [-0.2, -0.15) is 0 Å². The fourth-order valence-electron chi connectivity index (χ4n) is 2.84. The molecule has 2 aliphatic rings. The van der Waals surface area contributed by atoms with E-state index >= 15 is 0 Å². The first kappa shape index (κ1) is 17.8. The van der Waals surface area contributed by atoms with Crippen LogP contribution in [-0.4, -0.2) is 64.0 Å². The summed E-state index contributed by atoms with van der Waals surface area (Å²) in [7, 11) is 0. The second-order valence-electron chi connectivity index (χ2n) is 7.36. The van der Waals surface area contributed by atoms with Gasteiger partial charge < -0.3 is 24.4 Å². The molecule has 0 saturated carbocycles. The highest BCUT2D eigenvalue weighted by atomic mass is 16.6. The van der Waals surface area contributed by atoms with Crippen molar-refractivity contribution in [2.45, 2.75) is 32.0 Å². The minimum absolute atomic E-state index is 0.116. The van der Waals surface area contributed by atoms with E-state index in [2.05, 4.69) is 0 Å². The van der Waals surface area contributed by atoms with Crippen LogP contribution < -0.4 is 9.47 Å². The van der Waals surface area contributed by atoms with Gasteiger partial charge >= 0.3 is 18.0 Å². The van der Waals surface area contributed by atoms with Crippen molar-refractivity contribution in [3.8, 4) is 11.5 Å². The van der Waals surface area contributed by atoms with Gasteiger partial charge in [0.25, 0.3) is 0 Å². The number of carboxylic acids is 2. The van der Waals surface area contributed by atoms with Crippen molar-refractivity contribution in [2.24, 2.45) is 0 Å². The monoisotopic (exact) mass is 365 g/mol. The molecule has 140 valence electrons. The van der Waals surface area contributed by atoms with Gasteiger partial charge in [0, 0.05) is 0 Å². The Kier molecular flexibility index (Phi) is 3.97. The molecule has 3 rings (SSSR count). The maximum atomic E-state index is 12.0. The van der Waals surface area contributed by atoms with Crippen LogP contribution in [0.25, 0.3) is 0 Å². The summed E-state index contributed by atoms with van der Waals surface area (Å²) in [5, 5.41) is 18.4. The number of amides is 1. The maximum absolute atomic E-state index is 12.0. The second-order valence-corrected chi connectivity index (χ2v) is 7.36. The summed E-state index contributed by atoms with van der Waals surface area (Å²) in [5.74, 6) is -2.44. The normalized spacial score (nSPS) is 17.4.